The molecule has 2 fully saturated rings. The van der Waals surface area contributed by atoms with Gasteiger partial charge in [0.1, 0.15) is 0 Å². The Morgan fingerprint density at radius 2 is 2.22 bits per heavy atom. The molecule has 1 aromatic rings. The van der Waals surface area contributed by atoms with Crippen LogP contribution in [0.25, 0.3) is 0 Å². The molecule has 9 heteroatoms. The molecule has 0 amide bonds. The van der Waals surface area contributed by atoms with Crippen molar-refractivity contribution >= 4 is 11.6 Å². The minimum Gasteiger partial charge on any atom is -0.381 e. The first-order valence-electron chi connectivity index (χ1n) is 7.96. The van der Waals surface area contributed by atoms with Crippen molar-refractivity contribution in [1.29, 1.82) is 0 Å². The third kappa shape index (κ3) is 3.62. The highest BCUT2D eigenvalue weighted by Gasteiger charge is 2.32. The van der Waals surface area contributed by atoms with Gasteiger partial charge in [0.2, 0.25) is 12.1 Å². The van der Waals surface area contributed by atoms with Crippen molar-refractivity contribution in [3.63, 3.8) is 0 Å². The summed E-state index contributed by atoms with van der Waals surface area (Å²) in [6.07, 6.45) is 2.49. The number of aryl methyl sites for hydroxylation is 1. The Balaban J connectivity index is 1.71. The van der Waals surface area contributed by atoms with Gasteiger partial charge in [0.15, 0.2) is 0 Å². The highest BCUT2D eigenvalue weighted by atomic mass is 16.6. The molecule has 23 heavy (non-hydrogen) atoms. The van der Waals surface area contributed by atoms with Gasteiger partial charge in [-0.2, -0.15) is 0 Å². The molecule has 3 heterocycles. The first-order chi connectivity index (χ1) is 11.2. The Labute approximate surface area is 134 Å². The highest BCUT2D eigenvalue weighted by Crippen LogP contribution is 2.25. The molecule has 9 nitrogen and oxygen atoms in total. The summed E-state index contributed by atoms with van der Waals surface area (Å²) < 4.78 is 12.6. The molecule has 0 radical (unpaired) electrons. The van der Waals surface area contributed by atoms with E-state index in [9.17, 15) is 10.1 Å². The lowest BCUT2D eigenvalue weighted by Crippen LogP contribution is -2.50. The number of hydrogen-bond acceptors (Lipinski definition) is 7. The molecule has 3 rings (SSSR count). The minimum absolute atomic E-state index is 0.129. The van der Waals surface area contributed by atoms with Gasteiger partial charge >= 0.3 is 5.82 Å². The number of nitro groups is 1. The van der Waals surface area contributed by atoms with E-state index < -0.39 is 4.92 Å². The van der Waals surface area contributed by atoms with Crippen molar-refractivity contribution in [2.45, 2.75) is 12.5 Å². The average Bonchev–Trinajstić information content (AvgIpc) is 3.19. The van der Waals surface area contributed by atoms with Crippen molar-refractivity contribution in [2.24, 2.45) is 13.0 Å². The summed E-state index contributed by atoms with van der Waals surface area (Å²) in [5, 5.41) is 14.3. The van der Waals surface area contributed by atoms with Gasteiger partial charge in [-0.05, 0) is 16.3 Å². The zero-order valence-electron chi connectivity index (χ0n) is 13.3. The monoisotopic (exact) mass is 325 g/mol. The Morgan fingerprint density at radius 3 is 2.87 bits per heavy atom. The SMILES string of the molecule is Cn1cnc([N+](=O)[O-])c1NCC(C1CCOC1)N1CCOCC1. The van der Waals surface area contributed by atoms with Gasteiger partial charge in [0.05, 0.1) is 19.8 Å². The summed E-state index contributed by atoms with van der Waals surface area (Å²) >= 11 is 0. The van der Waals surface area contributed by atoms with E-state index in [4.69, 9.17) is 9.47 Å². The standard InChI is InChI=1S/C14H23N5O4/c1-17-10-16-14(19(20)21)13(17)15-8-12(11-2-5-23-9-11)18-3-6-22-7-4-18/h10-12,15H,2-9H2,1H3. The van der Waals surface area contributed by atoms with Crippen molar-refractivity contribution in [3.05, 3.63) is 16.4 Å². The number of morpholine rings is 1. The van der Waals surface area contributed by atoms with Gasteiger partial charge in [-0.3, -0.25) is 9.47 Å². The lowest BCUT2D eigenvalue weighted by molar-refractivity contribution is -0.388. The maximum Gasteiger partial charge on any atom is 0.406 e. The van der Waals surface area contributed by atoms with Crippen molar-refractivity contribution in [1.82, 2.24) is 14.5 Å². The summed E-state index contributed by atoms with van der Waals surface area (Å²) in [6, 6.07) is 0.274. The summed E-state index contributed by atoms with van der Waals surface area (Å²) in [4.78, 5) is 16.9. The van der Waals surface area contributed by atoms with Crippen LogP contribution < -0.4 is 5.32 Å². The topological polar surface area (TPSA) is 94.7 Å². The normalized spacial score (nSPS) is 23.8. The second kappa shape index (κ2) is 7.24. The predicted octanol–water partition coefficient (Wildman–Crippen LogP) is 0.478. The zero-order chi connectivity index (χ0) is 16.2. The first kappa shape index (κ1) is 16.2. The number of anilines is 1. The van der Waals surface area contributed by atoms with Crippen molar-refractivity contribution in [3.8, 4) is 0 Å². The van der Waals surface area contributed by atoms with Crippen LogP contribution in [0, 0.1) is 16.0 Å². The molecular formula is C14H23N5O4. The molecule has 2 saturated heterocycles. The van der Waals surface area contributed by atoms with E-state index in [1.54, 1.807) is 11.6 Å². The van der Waals surface area contributed by atoms with E-state index in [0.29, 0.717) is 18.3 Å². The summed E-state index contributed by atoms with van der Waals surface area (Å²) in [6.45, 7) is 5.40. The predicted molar refractivity (Wildman–Crippen MR) is 83.5 cm³/mol. The van der Waals surface area contributed by atoms with E-state index in [0.717, 1.165) is 45.9 Å². The largest absolute Gasteiger partial charge is 0.406 e. The summed E-state index contributed by atoms with van der Waals surface area (Å²) in [5.74, 6) is 0.760. The van der Waals surface area contributed by atoms with Gasteiger partial charge in [0, 0.05) is 45.2 Å². The lowest BCUT2D eigenvalue weighted by atomic mass is 9.97. The fourth-order valence-corrected chi connectivity index (χ4v) is 3.32. The molecule has 1 N–H and O–H groups in total. The molecule has 2 atom stereocenters. The lowest BCUT2D eigenvalue weighted by Gasteiger charge is -2.37. The van der Waals surface area contributed by atoms with Gasteiger partial charge in [0.25, 0.3) is 0 Å². The van der Waals surface area contributed by atoms with Crippen LogP contribution in [0.5, 0.6) is 0 Å². The van der Waals surface area contributed by atoms with Gasteiger partial charge in [-0.1, -0.05) is 0 Å². The number of imidazole rings is 1. The smallest absolute Gasteiger partial charge is 0.381 e. The molecule has 0 aliphatic carbocycles. The molecule has 2 unspecified atom stereocenters. The fraction of sp³-hybridized carbons (Fsp3) is 0.786. The molecule has 1 aromatic heterocycles. The number of rotatable bonds is 6. The second-order valence-corrected chi connectivity index (χ2v) is 6.01. The van der Waals surface area contributed by atoms with Crippen LogP contribution in [-0.2, 0) is 16.5 Å². The number of aromatic nitrogens is 2. The Bertz CT molecular complexity index is 537. The molecule has 128 valence electrons. The zero-order valence-corrected chi connectivity index (χ0v) is 13.3. The van der Waals surface area contributed by atoms with Crippen molar-refractivity contribution in [2.75, 3.05) is 51.4 Å². The quantitative estimate of drug-likeness (QED) is 0.600. The molecular weight excluding hydrogens is 302 g/mol. The highest BCUT2D eigenvalue weighted by molar-refractivity contribution is 5.52. The van der Waals surface area contributed by atoms with Gasteiger partial charge < -0.3 is 24.9 Å². The van der Waals surface area contributed by atoms with E-state index in [1.165, 1.54) is 6.33 Å². The number of nitrogens with zero attached hydrogens (tertiary/aromatic N) is 4. The van der Waals surface area contributed by atoms with Crippen molar-refractivity contribution < 1.29 is 14.4 Å². The Morgan fingerprint density at radius 1 is 1.43 bits per heavy atom. The van der Waals surface area contributed by atoms with Crippen LogP contribution in [-0.4, -0.2) is 71.5 Å². The van der Waals surface area contributed by atoms with Crippen LogP contribution in [0.4, 0.5) is 11.6 Å². The Hall–Kier alpha value is -1.71. The number of hydrogen-bond donors (Lipinski definition) is 1. The molecule has 2 aliphatic heterocycles. The minimum atomic E-state index is -0.454. The maximum absolute atomic E-state index is 11.1. The second-order valence-electron chi connectivity index (χ2n) is 6.01. The molecule has 0 saturated carbocycles. The Kier molecular flexibility index (Phi) is 5.09. The van der Waals surface area contributed by atoms with Crippen LogP contribution in [0.3, 0.4) is 0 Å². The van der Waals surface area contributed by atoms with Crippen LogP contribution in [0.2, 0.25) is 0 Å². The van der Waals surface area contributed by atoms with E-state index in [2.05, 4.69) is 15.2 Å². The van der Waals surface area contributed by atoms with Gasteiger partial charge in [-0.25, -0.2) is 0 Å². The van der Waals surface area contributed by atoms with E-state index in [-0.39, 0.29) is 11.9 Å². The van der Waals surface area contributed by atoms with E-state index in [1.807, 2.05) is 0 Å². The summed E-state index contributed by atoms with van der Waals surface area (Å²) in [7, 11) is 1.75. The molecule has 0 bridgehead atoms. The maximum atomic E-state index is 11.1. The third-order valence-electron chi connectivity index (χ3n) is 4.59. The van der Waals surface area contributed by atoms with E-state index >= 15 is 0 Å². The van der Waals surface area contributed by atoms with Crippen LogP contribution in [0.15, 0.2) is 6.33 Å². The first-order valence-corrected chi connectivity index (χ1v) is 7.96. The molecule has 2 aliphatic rings. The number of nitrogens with one attached hydrogen (secondary N) is 1. The van der Waals surface area contributed by atoms with Gasteiger partial charge in [-0.15, -0.1) is 0 Å². The average molecular weight is 325 g/mol. The number of ether oxygens (including phenoxy) is 2. The van der Waals surface area contributed by atoms with Crippen LogP contribution >= 0.6 is 0 Å². The summed E-state index contributed by atoms with van der Waals surface area (Å²) in [5.41, 5.74) is 0. The third-order valence-corrected chi connectivity index (χ3v) is 4.59. The fourth-order valence-electron chi connectivity index (χ4n) is 3.32. The van der Waals surface area contributed by atoms with Crippen LogP contribution in [0.1, 0.15) is 6.42 Å². The molecule has 0 aromatic carbocycles. The molecule has 0 spiro atoms.